The van der Waals surface area contributed by atoms with Crippen LogP contribution in [-0.2, 0) is 5.41 Å². The lowest BCUT2D eigenvalue weighted by Crippen LogP contribution is -2.76. The summed E-state index contributed by atoms with van der Waals surface area (Å²) in [7, 11) is -3.46. The van der Waals surface area contributed by atoms with E-state index >= 15 is 0 Å². The number of pyridine rings is 2. The van der Waals surface area contributed by atoms with Crippen LogP contribution in [0, 0.1) is 0 Å². The van der Waals surface area contributed by atoms with Gasteiger partial charge in [-0.1, -0.05) is 159 Å². The number of anilines is 2. The Morgan fingerprint density at radius 1 is 0.538 bits per heavy atom. The summed E-state index contributed by atoms with van der Waals surface area (Å²) in [4.78, 5) is 27.7. The smallest absolute Gasteiger partial charge is 0.234 e. The molecule has 5 heterocycles. The van der Waals surface area contributed by atoms with Crippen LogP contribution in [0.1, 0.15) is 65.7 Å². The molecule has 7 nitrogen and oxygen atoms in total. The fourth-order valence-corrected chi connectivity index (χ4v) is 14.8. The molecular formula is C57H47N7Si. The fraction of sp³-hybridized carbons (Fsp3) is 0.140. The average Bonchev–Trinajstić information content (AvgIpc) is 4.17. The van der Waals surface area contributed by atoms with E-state index in [0.29, 0.717) is 30.1 Å². The van der Waals surface area contributed by atoms with Crippen LogP contribution < -0.4 is 25.9 Å². The first-order chi connectivity index (χ1) is 38.2. The van der Waals surface area contributed by atoms with E-state index in [1.807, 2.05) is 105 Å². The molecule has 0 amide bonds. The fourth-order valence-electron chi connectivity index (χ4n) is 10.3. The number of rotatable bonds is 8. The third kappa shape index (κ3) is 5.90. The van der Waals surface area contributed by atoms with E-state index in [4.69, 9.17) is 35.9 Å². The molecule has 2 aliphatic rings. The maximum absolute atomic E-state index is 9.84. The zero-order chi connectivity index (χ0) is 56.6. The van der Waals surface area contributed by atoms with Crippen molar-refractivity contribution in [1.29, 1.82) is 0 Å². The lowest BCUT2D eigenvalue weighted by atomic mass is 9.61. The quantitative estimate of drug-likeness (QED) is 0.142. The zero-order valence-corrected chi connectivity index (χ0v) is 36.4. The second kappa shape index (κ2) is 15.3. The van der Waals surface area contributed by atoms with Crippen molar-refractivity contribution in [3.8, 4) is 28.6 Å². The van der Waals surface area contributed by atoms with Gasteiger partial charge in [0.1, 0.15) is 5.69 Å². The van der Waals surface area contributed by atoms with E-state index < -0.39 is 109 Å². The van der Waals surface area contributed by atoms with Crippen molar-refractivity contribution in [2.75, 3.05) is 4.90 Å². The molecule has 2 unspecified atom stereocenters. The largest absolute Gasteiger partial charge is 0.309 e. The summed E-state index contributed by atoms with van der Waals surface area (Å²) in [6.07, 6.45) is 4.20. The summed E-state index contributed by atoms with van der Waals surface area (Å²) in [5, 5.41) is 3.09. The summed E-state index contributed by atoms with van der Waals surface area (Å²) in [5.74, 6) is -0.644. The number of hydrogen-bond acceptors (Lipinski definition) is 6. The number of benzene rings is 6. The minimum atomic E-state index is -3.46. The minimum Gasteiger partial charge on any atom is -0.309 e. The molecule has 314 valence electrons. The molecule has 12 rings (SSSR count). The highest BCUT2D eigenvalue weighted by atomic mass is 28.3. The summed E-state index contributed by atoms with van der Waals surface area (Å²) >= 11 is 0. The van der Waals surface area contributed by atoms with Crippen molar-refractivity contribution in [1.82, 2.24) is 29.5 Å². The first-order valence-electron chi connectivity index (χ1n) is 29.0. The van der Waals surface area contributed by atoms with E-state index in [1.165, 1.54) is 6.07 Å². The van der Waals surface area contributed by atoms with Crippen molar-refractivity contribution >= 4 is 62.5 Å². The highest BCUT2D eigenvalue weighted by Crippen LogP contribution is 2.60. The van der Waals surface area contributed by atoms with Crippen LogP contribution >= 0.6 is 0 Å². The molecule has 0 spiro atoms. The Kier molecular flexibility index (Phi) is 6.19. The molecule has 0 bridgehead atoms. The van der Waals surface area contributed by atoms with Crippen LogP contribution in [0.15, 0.2) is 200 Å². The molecular weight excluding hydrogens is 811 g/mol. The van der Waals surface area contributed by atoms with E-state index in [1.54, 1.807) is 17.2 Å². The summed E-state index contributed by atoms with van der Waals surface area (Å²) in [6.45, 7) is 3.94. The molecule has 1 aliphatic carbocycles. The average molecular weight is 873 g/mol. The van der Waals surface area contributed by atoms with Gasteiger partial charge >= 0.3 is 0 Å². The molecule has 8 heteroatoms. The van der Waals surface area contributed by atoms with Gasteiger partial charge in [0.05, 0.1) is 42.8 Å². The van der Waals surface area contributed by atoms with Crippen molar-refractivity contribution in [3.63, 3.8) is 0 Å². The van der Waals surface area contributed by atoms with Crippen LogP contribution in [-0.4, -0.2) is 43.1 Å². The lowest BCUT2D eigenvalue weighted by Gasteiger charge is -2.49. The number of fused-ring (bicyclic) bond motifs is 6. The van der Waals surface area contributed by atoms with Gasteiger partial charge in [0.15, 0.2) is 11.6 Å². The van der Waals surface area contributed by atoms with Crippen molar-refractivity contribution in [2.24, 2.45) is 0 Å². The molecule has 2 atom stereocenters. The van der Waals surface area contributed by atoms with Gasteiger partial charge in [0, 0.05) is 44.3 Å². The first kappa shape index (κ1) is 26.3. The maximum Gasteiger partial charge on any atom is 0.234 e. The topological polar surface area (TPSA) is 72.6 Å². The van der Waals surface area contributed by atoms with Gasteiger partial charge in [-0.25, -0.2) is 4.98 Å². The summed E-state index contributed by atoms with van der Waals surface area (Å²) in [5.41, 5.74) is -2.65. The Morgan fingerprint density at radius 2 is 1.18 bits per heavy atom. The highest BCUT2D eigenvalue weighted by Gasteiger charge is 2.58. The Bertz CT molecular complexity index is 4170. The molecule has 10 aromatic rings. The maximum atomic E-state index is 9.84. The van der Waals surface area contributed by atoms with Crippen LogP contribution in [0.5, 0.6) is 0 Å². The normalized spacial score (nSPS) is 21.4. The van der Waals surface area contributed by atoms with Crippen LogP contribution in [0.25, 0.3) is 50.4 Å². The Balaban J connectivity index is 1.24. The Hall–Kier alpha value is -7.55. The molecule has 6 aromatic carbocycles. The van der Waals surface area contributed by atoms with Gasteiger partial charge in [-0.2, -0.15) is 9.97 Å². The molecule has 1 saturated carbocycles. The molecule has 1 aliphatic heterocycles. The predicted octanol–water partition coefficient (Wildman–Crippen LogP) is 10.2. The van der Waals surface area contributed by atoms with Gasteiger partial charge in [0.2, 0.25) is 14.0 Å². The van der Waals surface area contributed by atoms with Crippen molar-refractivity contribution in [3.05, 3.63) is 206 Å². The summed E-state index contributed by atoms with van der Waals surface area (Å²) in [6, 6.07) is 23.8. The van der Waals surface area contributed by atoms with Gasteiger partial charge in [0.25, 0.3) is 0 Å². The molecule has 0 saturated heterocycles. The standard InChI is InChI=1S/C57H47N7Si/c1-56-37-18-19-38-57(56,2)64(50-34-16-12-29-45(50)56)55-61-53(44-28-11-15-33-49(44)63-47-31-13-9-26-42(47)43-27-10-14-32-48(43)63)60-54(62-55)46-30-21-36-52(59-46)65(40-22-5-3-6-23-40,41-24-7-4-8-25-41)51-35-17-20-39-58-51/h3-17,20-36,39H,18-19,37-38H2,1-2H3/i9D,10D,11D,12D,13D,14D,15D,16D,26D,28D,29D,31D,32D,33D,34D. The SMILES string of the molecule is [2H]c1cc2c3c([2H])c([2H])c([2H])c([2H])c3n(-c3c([2H])c([2H])c([2H])c([2H])c3-c3nc(-c4cccc([Si](c5ccccc5)(c5ccccc5)c5ccccn5)n4)nc(N4c5c([2H])c([2H])c([2H])c([2H])c5C5(C)CCCCC45C)n3)c2c([2H])c1[2H]. The van der Waals surface area contributed by atoms with E-state index in [0.717, 1.165) is 26.7 Å². The number of hydrogen-bond donors (Lipinski definition) is 0. The predicted molar refractivity (Wildman–Crippen MR) is 267 cm³/mol. The molecule has 0 N–H and O–H groups in total. The third-order valence-corrected chi connectivity index (χ3v) is 18.1. The van der Waals surface area contributed by atoms with Gasteiger partial charge in [-0.05, 0) is 90.2 Å². The first-order valence-corrected chi connectivity index (χ1v) is 23.5. The van der Waals surface area contributed by atoms with E-state index in [2.05, 4.69) is 0 Å². The van der Waals surface area contributed by atoms with Gasteiger partial charge < -0.3 is 9.47 Å². The lowest BCUT2D eigenvalue weighted by molar-refractivity contribution is 0.193. The minimum absolute atomic E-state index is 0.0425. The summed E-state index contributed by atoms with van der Waals surface area (Å²) < 4.78 is 139. The second-order valence-electron chi connectivity index (χ2n) is 16.8. The molecule has 1 fully saturated rings. The second-order valence-corrected chi connectivity index (χ2v) is 20.5. The van der Waals surface area contributed by atoms with Gasteiger partial charge in [-0.3, -0.25) is 9.97 Å². The molecule has 4 aromatic heterocycles. The molecule has 0 radical (unpaired) electrons. The van der Waals surface area contributed by atoms with Crippen molar-refractivity contribution < 1.29 is 20.6 Å². The molecule has 65 heavy (non-hydrogen) atoms. The highest BCUT2D eigenvalue weighted by molar-refractivity contribution is 7.19. The Morgan fingerprint density at radius 3 is 1.97 bits per heavy atom. The van der Waals surface area contributed by atoms with Crippen LogP contribution in [0.3, 0.4) is 0 Å². The van der Waals surface area contributed by atoms with Crippen LogP contribution in [0.4, 0.5) is 11.6 Å². The van der Waals surface area contributed by atoms with E-state index in [9.17, 15) is 9.60 Å². The number of nitrogens with zero attached hydrogens (tertiary/aromatic N) is 7. The number of aromatic nitrogens is 6. The van der Waals surface area contributed by atoms with Crippen molar-refractivity contribution in [2.45, 2.75) is 50.5 Å². The number of para-hydroxylation sites is 4. The van der Waals surface area contributed by atoms with E-state index in [-0.39, 0.29) is 62.9 Å². The van der Waals surface area contributed by atoms with Gasteiger partial charge in [-0.15, -0.1) is 0 Å². The third-order valence-electron chi connectivity index (χ3n) is 13.6. The van der Waals surface area contributed by atoms with Crippen LogP contribution in [0.2, 0.25) is 0 Å². The Labute approximate surface area is 401 Å². The monoisotopic (exact) mass is 872 g/mol. The zero-order valence-electron chi connectivity index (χ0n) is 50.4.